The standard InChI is InChI=1S/C22H19F5N2O4/c1-3-4-12-9-13(5-6-14(12)29-8-7-28(22(31)32)10-11(29)2)21(30)33-20-18(26)16(24)15(23)17(25)19(20)27/h3-6,9,11H,7-8,10H2,1-2H3,(H,31,32)/t11-/m1/s1. The van der Waals surface area contributed by atoms with Gasteiger partial charge in [0.2, 0.25) is 34.8 Å². The predicted molar refractivity (Wildman–Crippen MR) is 109 cm³/mol. The molecule has 1 aliphatic rings. The maximum absolute atomic E-state index is 13.9. The first-order valence-corrected chi connectivity index (χ1v) is 9.81. The van der Waals surface area contributed by atoms with Gasteiger partial charge in [-0.05, 0) is 37.6 Å². The largest absolute Gasteiger partial charge is 0.465 e. The number of carbonyl (C=O) groups excluding carboxylic acids is 1. The molecular weight excluding hydrogens is 451 g/mol. The summed E-state index contributed by atoms with van der Waals surface area (Å²) in [6.07, 6.45) is 2.30. The average Bonchev–Trinajstić information content (AvgIpc) is 2.79. The molecule has 0 radical (unpaired) electrons. The highest BCUT2D eigenvalue weighted by Gasteiger charge is 2.30. The zero-order valence-corrected chi connectivity index (χ0v) is 17.5. The molecule has 0 aliphatic carbocycles. The molecule has 0 spiro atoms. The van der Waals surface area contributed by atoms with Gasteiger partial charge in [-0.1, -0.05) is 12.2 Å². The molecular formula is C22H19F5N2O4. The SMILES string of the molecule is CC=Cc1cc(C(=O)Oc2c(F)c(F)c(F)c(F)c2F)ccc1N1CCN(C(=O)O)C[C@H]1C. The number of rotatable bonds is 4. The van der Waals surface area contributed by atoms with Crippen LogP contribution in [0, 0.1) is 29.1 Å². The maximum atomic E-state index is 13.9. The van der Waals surface area contributed by atoms with Crippen LogP contribution in [-0.4, -0.2) is 47.7 Å². The van der Waals surface area contributed by atoms with Gasteiger partial charge in [0.15, 0.2) is 0 Å². The molecule has 1 amide bonds. The molecule has 176 valence electrons. The van der Waals surface area contributed by atoms with Crippen LogP contribution in [0.4, 0.5) is 32.4 Å². The second-order valence-electron chi connectivity index (χ2n) is 7.33. The summed E-state index contributed by atoms with van der Waals surface area (Å²) in [5.74, 6) is -14.3. The molecule has 0 bridgehead atoms. The molecule has 0 unspecified atom stereocenters. The summed E-state index contributed by atoms with van der Waals surface area (Å²) in [7, 11) is 0. The van der Waals surface area contributed by atoms with Crippen molar-refractivity contribution in [3.05, 3.63) is 64.5 Å². The van der Waals surface area contributed by atoms with E-state index in [4.69, 9.17) is 0 Å². The topological polar surface area (TPSA) is 70.1 Å². The van der Waals surface area contributed by atoms with Gasteiger partial charge >= 0.3 is 12.1 Å². The normalized spacial score (nSPS) is 16.4. The first-order chi connectivity index (χ1) is 15.6. The molecule has 1 fully saturated rings. The molecule has 2 aromatic rings. The minimum atomic E-state index is -2.36. The van der Waals surface area contributed by atoms with Crippen molar-refractivity contribution in [2.24, 2.45) is 0 Å². The van der Waals surface area contributed by atoms with E-state index in [1.165, 1.54) is 23.1 Å². The number of benzene rings is 2. The fourth-order valence-electron chi connectivity index (χ4n) is 3.57. The van der Waals surface area contributed by atoms with E-state index >= 15 is 0 Å². The number of carboxylic acid groups (broad SMARTS) is 1. The summed E-state index contributed by atoms with van der Waals surface area (Å²) in [5.41, 5.74) is 0.992. The number of esters is 1. The lowest BCUT2D eigenvalue weighted by Gasteiger charge is -2.40. The third-order valence-corrected chi connectivity index (χ3v) is 5.18. The summed E-state index contributed by atoms with van der Waals surface area (Å²) >= 11 is 0. The molecule has 0 aromatic heterocycles. The lowest BCUT2D eigenvalue weighted by molar-refractivity contribution is 0.0716. The molecule has 1 heterocycles. The summed E-state index contributed by atoms with van der Waals surface area (Å²) in [6.45, 7) is 4.45. The summed E-state index contributed by atoms with van der Waals surface area (Å²) in [6, 6.07) is 3.98. The predicted octanol–water partition coefficient (Wildman–Crippen LogP) is 4.82. The lowest BCUT2D eigenvalue weighted by atomic mass is 10.0. The van der Waals surface area contributed by atoms with Crippen molar-refractivity contribution in [1.82, 2.24) is 4.90 Å². The number of carbonyl (C=O) groups is 2. The van der Waals surface area contributed by atoms with Crippen LogP contribution in [0.5, 0.6) is 5.75 Å². The molecule has 1 aliphatic heterocycles. The van der Waals surface area contributed by atoms with E-state index in [1.54, 1.807) is 19.1 Å². The summed E-state index contributed by atoms with van der Waals surface area (Å²) in [5, 5.41) is 9.18. The molecule has 1 atom stereocenters. The van der Waals surface area contributed by atoms with Crippen molar-refractivity contribution >= 4 is 23.8 Å². The van der Waals surface area contributed by atoms with Crippen LogP contribution in [0.3, 0.4) is 0 Å². The van der Waals surface area contributed by atoms with Gasteiger partial charge in [-0.2, -0.15) is 8.78 Å². The third kappa shape index (κ3) is 4.62. The minimum Gasteiger partial charge on any atom is -0.465 e. The van der Waals surface area contributed by atoms with Crippen molar-refractivity contribution in [3.8, 4) is 5.75 Å². The number of ether oxygens (including phenoxy) is 1. The number of anilines is 1. The fourth-order valence-corrected chi connectivity index (χ4v) is 3.57. The van der Waals surface area contributed by atoms with Gasteiger partial charge in [-0.3, -0.25) is 0 Å². The molecule has 1 saturated heterocycles. The first kappa shape index (κ1) is 24.0. The molecule has 0 saturated carbocycles. The highest BCUT2D eigenvalue weighted by molar-refractivity contribution is 5.93. The van der Waals surface area contributed by atoms with Crippen molar-refractivity contribution < 1.29 is 41.4 Å². The van der Waals surface area contributed by atoms with Gasteiger partial charge in [0, 0.05) is 31.4 Å². The maximum Gasteiger partial charge on any atom is 0.407 e. The van der Waals surface area contributed by atoms with Crippen LogP contribution in [0.25, 0.3) is 6.08 Å². The molecule has 2 aromatic carbocycles. The first-order valence-electron chi connectivity index (χ1n) is 9.81. The molecule has 11 heteroatoms. The van der Waals surface area contributed by atoms with E-state index in [9.17, 15) is 36.6 Å². The van der Waals surface area contributed by atoms with E-state index in [0.29, 0.717) is 17.8 Å². The Balaban J connectivity index is 1.91. The Bertz CT molecular complexity index is 1110. The average molecular weight is 470 g/mol. The quantitative estimate of drug-likeness (QED) is 0.228. The Kier molecular flexibility index (Phi) is 6.89. The van der Waals surface area contributed by atoms with E-state index in [0.717, 1.165) is 0 Å². The Morgan fingerprint density at radius 2 is 1.64 bits per heavy atom. The highest BCUT2D eigenvalue weighted by atomic mass is 19.2. The van der Waals surface area contributed by atoms with Crippen LogP contribution in [0.1, 0.15) is 29.8 Å². The van der Waals surface area contributed by atoms with Gasteiger partial charge in [-0.25, -0.2) is 22.8 Å². The van der Waals surface area contributed by atoms with Crippen LogP contribution in [0.15, 0.2) is 24.3 Å². The number of amides is 1. The minimum absolute atomic E-state index is 0.187. The molecule has 3 rings (SSSR count). The van der Waals surface area contributed by atoms with E-state index in [-0.39, 0.29) is 24.7 Å². The number of halogens is 5. The third-order valence-electron chi connectivity index (χ3n) is 5.18. The second kappa shape index (κ2) is 9.47. The van der Waals surface area contributed by atoms with Crippen molar-refractivity contribution in [2.75, 3.05) is 24.5 Å². The smallest absolute Gasteiger partial charge is 0.407 e. The Morgan fingerprint density at radius 1 is 1.03 bits per heavy atom. The monoisotopic (exact) mass is 470 g/mol. The van der Waals surface area contributed by atoms with Crippen LogP contribution >= 0.6 is 0 Å². The van der Waals surface area contributed by atoms with Crippen molar-refractivity contribution in [2.45, 2.75) is 19.9 Å². The number of hydrogen-bond acceptors (Lipinski definition) is 4. The zero-order valence-electron chi connectivity index (χ0n) is 17.5. The molecule has 1 N–H and O–H groups in total. The van der Waals surface area contributed by atoms with Gasteiger partial charge in [0.1, 0.15) is 0 Å². The van der Waals surface area contributed by atoms with E-state index in [1.807, 2.05) is 11.8 Å². The Hall–Kier alpha value is -3.63. The van der Waals surface area contributed by atoms with Crippen LogP contribution in [0.2, 0.25) is 0 Å². The van der Waals surface area contributed by atoms with E-state index < -0.39 is 46.9 Å². The number of allylic oxidation sites excluding steroid dienone is 1. The van der Waals surface area contributed by atoms with Crippen molar-refractivity contribution in [1.29, 1.82) is 0 Å². The van der Waals surface area contributed by atoms with Gasteiger partial charge < -0.3 is 19.6 Å². The van der Waals surface area contributed by atoms with Crippen LogP contribution in [-0.2, 0) is 0 Å². The number of nitrogens with zero attached hydrogens (tertiary/aromatic N) is 2. The number of hydrogen-bond donors (Lipinski definition) is 1. The Labute approximate surface area is 185 Å². The zero-order chi connectivity index (χ0) is 24.4. The highest BCUT2D eigenvalue weighted by Crippen LogP contribution is 2.31. The van der Waals surface area contributed by atoms with Crippen LogP contribution < -0.4 is 9.64 Å². The van der Waals surface area contributed by atoms with E-state index in [2.05, 4.69) is 4.74 Å². The number of piperazine rings is 1. The molecule has 33 heavy (non-hydrogen) atoms. The van der Waals surface area contributed by atoms with Gasteiger partial charge in [0.05, 0.1) is 5.56 Å². The fraction of sp³-hybridized carbons (Fsp3) is 0.273. The lowest BCUT2D eigenvalue weighted by Crippen LogP contribution is -2.53. The summed E-state index contributed by atoms with van der Waals surface area (Å²) in [4.78, 5) is 26.9. The van der Waals surface area contributed by atoms with Gasteiger partial charge in [0.25, 0.3) is 0 Å². The summed E-state index contributed by atoms with van der Waals surface area (Å²) < 4.78 is 72.2. The van der Waals surface area contributed by atoms with Gasteiger partial charge in [-0.15, -0.1) is 0 Å². The van der Waals surface area contributed by atoms with Crippen molar-refractivity contribution in [3.63, 3.8) is 0 Å². The molecule has 6 nitrogen and oxygen atoms in total. The second-order valence-corrected chi connectivity index (χ2v) is 7.33. The Morgan fingerprint density at radius 3 is 2.18 bits per heavy atom.